The average molecular weight is 455 g/mol. The molecule has 2 heterocycles. The maximum Gasteiger partial charge on any atom is 0.290 e. The Labute approximate surface area is 178 Å². The molecule has 3 aromatic rings. The molecule has 29 heavy (non-hydrogen) atoms. The lowest BCUT2D eigenvalue weighted by Crippen LogP contribution is -2.35. The third kappa shape index (κ3) is 3.40. The number of nitrogens with zero attached hydrogens (tertiary/aromatic N) is 2. The summed E-state index contributed by atoms with van der Waals surface area (Å²) in [5.41, 5.74) is 3.71. The van der Waals surface area contributed by atoms with Crippen LogP contribution in [0.4, 0.5) is 0 Å². The van der Waals surface area contributed by atoms with Gasteiger partial charge in [-0.2, -0.15) is 0 Å². The van der Waals surface area contributed by atoms with E-state index in [2.05, 4.69) is 15.9 Å². The van der Waals surface area contributed by atoms with Gasteiger partial charge in [0.25, 0.3) is 5.91 Å². The molecule has 0 saturated carbocycles. The normalized spacial score (nSPS) is 16.1. The van der Waals surface area contributed by atoms with Crippen molar-refractivity contribution in [2.24, 2.45) is 0 Å². The molecule has 150 valence electrons. The first-order valence-corrected chi connectivity index (χ1v) is 10.4. The van der Waals surface area contributed by atoms with Crippen LogP contribution < -0.4 is 5.43 Å². The molecular formula is C23H23BrN2O3. The number of rotatable bonds is 4. The number of hydrogen-bond acceptors (Lipinski definition) is 4. The van der Waals surface area contributed by atoms with E-state index in [1.54, 1.807) is 4.90 Å². The summed E-state index contributed by atoms with van der Waals surface area (Å²) in [4.78, 5) is 30.6. The maximum atomic E-state index is 13.5. The molecule has 1 amide bonds. The fraction of sp³-hybridized carbons (Fsp3) is 0.304. The highest BCUT2D eigenvalue weighted by atomic mass is 79.9. The van der Waals surface area contributed by atoms with E-state index < -0.39 is 6.04 Å². The molecule has 1 atom stereocenters. The van der Waals surface area contributed by atoms with Crippen LogP contribution in [0.2, 0.25) is 0 Å². The standard InChI is InChI=1S/C23H23BrN2O3/c1-13-10-17-18(11-14(13)2)29-22-19(21(17)27)20(15-6-5-7-16(24)12-15)26(23(22)28)9-8-25(3)4/h5-7,10-12,20H,8-9H2,1-4H3. The first-order valence-electron chi connectivity index (χ1n) is 9.57. The molecule has 2 aromatic carbocycles. The second-order valence-electron chi connectivity index (χ2n) is 7.87. The second kappa shape index (κ2) is 7.43. The van der Waals surface area contributed by atoms with Crippen LogP contribution in [0.3, 0.4) is 0 Å². The number of hydrogen-bond donors (Lipinski definition) is 0. The zero-order valence-electron chi connectivity index (χ0n) is 17.0. The molecule has 0 saturated heterocycles. The Kier molecular flexibility index (Phi) is 5.09. The van der Waals surface area contributed by atoms with Gasteiger partial charge in [-0.15, -0.1) is 0 Å². The van der Waals surface area contributed by atoms with Crippen molar-refractivity contribution in [1.29, 1.82) is 0 Å². The van der Waals surface area contributed by atoms with E-state index >= 15 is 0 Å². The molecule has 6 heteroatoms. The molecule has 0 fully saturated rings. The van der Waals surface area contributed by atoms with Crippen LogP contribution in [-0.2, 0) is 0 Å². The SMILES string of the molecule is Cc1cc2oc3c(c(=O)c2cc1C)C(c1cccc(Br)c1)N(CCN(C)C)C3=O. The molecular weight excluding hydrogens is 432 g/mol. The van der Waals surface area contributed by atoms with Gasteiger partial charge >= 0.3 is 0 Å². The Hall–Kier alpha value is -2.44. The van der Waals surface area contributed by atoms with Crippen molar-refractivity contribution in [3.05, 3.63) is 79.1 Å². The van der Waals surface area contributed by atoms with Crippen LogP contribution in [0.25, 0.3) is 11.0 Å². The molecule has 0 N–H and O–H groups in total. The van der Waals surface area contributed by atoms with E-state index in [1.807, 2.05) is 69.2 Å². The zero-order valence-corrected chi connectivity index (χ0v) is 18.5. The maximum absolute atomic E-state index is 13.5. The molecule has 1 aliphatic heterocycles. The number of fused-ring (bicyclic) bond motifs is 2. The molecule has 0 spiro atoms. The number of carbonyl (C=O) groups excluding carboxylic acids is 1. The molecule has 0 bridgehead atoms. The van der Waals surface area contributed by atoms with Crippen molar-refractivity contribution in [3.8, 4) is 0 Å². The van der Waals surface area contributed by atoms with E-state index in [9.17, 15) is 9.59 Å². The van der Waals surface area contributed by atoms with Crippen molar-refractivity contribution < 1.29 is 9.21 Å². The highest BCUT2D eigenvalue weighted by molar-refractivity contribution is 9.10. The van der Waals surface area contributed by atoms with Gasteiger partial charge in [0.1, 0.15) is 5.58 Å². The lowest BCUT2D eigenvalue weighted by Gasteiger charge is -2.26. The molecule has 0 aliphatic carbocycles. The van der Waals surface area contributed by atoms with Crippen molar-refractivity contribution >= 4 is 32.8 Å². The number of carbonyl (C=O) groups is 1. The Balaban J connectivity index is 1.97. The van der Waals surface area contributed by atoms with Crippen molar-refractivity contribution in [2.75, 3.05) is 27.2 Å². The minimum absolute atomic E-state index is 0.130. The van der Waals surface area contributed by atoms with Gasteiger partial charge in [-0.3, -0.25) is 9.59 Å². The molecule has 1 unspecified atom stereocenters. The van der Waals surface area contributed by atoms with Gasteiger partial charge in [0.15, 0.2) is 5.43 Å². The molecule has 1 aromatic heterocycles. The minimum Gasteiger partial charge on any atom is -0.450 e. The van der Waals surface area contributed by atoms with E-state index in [-0.39, 0.29) is 17.1 Å². The number of benzene rings is 2. The van der Waals surface area contributed by atoms with Gasteiger partial charge in [-0.25, -0.2) is 0 Å². The fourth-order valence-electron chi connectivity index (χ4n) is 3.84. The molecule has 5 nitrogen and oxygen atoms in total. The summed E-state index contributed by atoms with van der Waals surface area (Å²) in [5, 5.41) is 0.522. The average Bonchev–Trinajstić information content (AvgIpc) is 2.94. The lowest BCUT2D eigenvalue weighted by atomic mass is 9.97. The van der Waals surface area contributed by atoms with Gasteiger partial charge in [0.05, 0.1) is 17.0 Å². The molecule has 1 aliphatic rings. The summed E-state index contributed by atoms with van der Waals surface area (Å²) in [5.74, 6) is -0.0708. The highest BCUT2D eigenvalue weighted by Crippen LogP contribution is 2.38. The zero-order chi connectivity index (χ0) is 20.9. The van der Waals surface area contributed by atoms with Gasteiger partial charge < -0.3 is 14.2 Å². The molecule has 4 rings (SSSR count). The van der Waals surface area contributed by atoms with Crippen molar-refractivity contribution in [1.82, 2.24) is 9.80 Å². The van der Waals surface area contributed by atoms with Gasteiger partial charge in [-0.1, -0.05) is 28.1 Å². The lowest BCUT2D eigenvalue weighted by molar-refractivity contribution is 0.0716. The van der Waals surface area contributed by atoms with Gasteiger partial charge in [0.2, 0.25) is 5.76 Å². The van der Waals surface area contributed by atoms with Gasteiger partial charge in [0, 0.05) is 17.6 Å². The van der Waals surface area contributed by atoms with E-state index in [1.165, 1.54) is 0 Å². The summed E-state index contributed by atoms with van der Waals surface area (Å²) in [6.07, 6.45) is 0. The Morgan fingerprint density at radius 3 is 2.52 bits per heavy atom. The smallest absolute Gasteiger partial charge is 0.290 e. The van der Waals surface area contributed by atoms with E-state index in [0.29, 0.717) is 29.6 Å². The Morgan fingerprint density at radius 1 is 1.10 bits per heavy atom. The first-order chi connectivity index (χ1) is 13.8. The first kappa shape index (κ1) is 19.9. The second-order valence-corrected chi connectivity index (χ2v) is 8.78. The number of aryl methyl sites for hydroxylation is 2. The predicted molar refractivity (Wildman–Crippen MR) is 118 cm³/mol. The van der Waals surface area contributed by atoms with Crippen LogP contribution in [0, 0.1) is 13.8 Å². The van der Waals surface area contributed by atoms with Crippen LogP contribution in [-0.4, -0.2) is 42.9 Å². The van der Waals surface area contributed by atoms with Crippen LogP contribution >= 0.6 is 15.9 Å². The number of likely N-dealkylation sites (N-methyl/N-ethyl adjacent to an activating group) is 1. The summed E-state index contributed by atoms with van der Waals surface area (Å²) in [6.45, 7) is 5.14. The number of halogens is 1. The third-order valence-corrected chi connectivity index (χ3v) is 6.03. The van der Waals surface area contributed by atoms with Crippen molar-refractivity contribution in [2.45, 2.75) is 19.9 Å². The van der Waals surface area contributed by atoms with E-state index in [4.69, 9.17) is 4.42 Å². The minimum atomic E-state index is -0.461. The fourth-order valence-corrected chi connectivity index (χ4v) is 4.25. The quantitative estimate of drug-likeness (QED) is 0.590. The summed E-state index contributed by atoms with van der Waals surface area (Å²) in [7, 11) is 3.93. The van der Waals surface area contributed by atoms with E-state index in [0.717, 1.165) is 21.2 Å². The topological polar surface area (TPSA) is 53.8 Å². The number of amides is 1. The summed E-state index contributed by atoms with van der Waals surface area (Å²) >= 11 is 3.51. The molecule has 0 radical (unpaired) electrons. The Bertz CT molecular complexity index is 1180. The van der Waals surface area contributed by atoms with Crippen molar-refractivity contribution in [3.63, 3.8) is 0 Å². The highest BCUT2D eigenvalue weighted by Gasteiger charge is 2.42. The van der Waals surface area contributed by atoms with Crippen LogP contribution in [0.1, 0.15) is 38.9 Å². The van der Waals surface area contributed by atoms with Gasteiger partial charge in [-0.05, 0) is 68.9 Å². The summed E-state index contributed by atoms with van der Waals surface area (Å²) in [6, 6.07) is 11.0. The largest absolute Gasteiger partial charge is 0.450 e. The monoisotopic (exact) mass is 454 g/mol. The van der Waals surface area contributed by atoms with Crippen LogP contribution in [0.5, 0.6) is 0 Å². The predicted octanol–water partition coefficient (Wildman–Crippen LogP) is 4.28. The van der Waals surface area contributed by atoms with Crippen LogP contribution in [0.15, 0.2) is 50.1 Å². The summed E-state index contributed by atoms with van der Waals surface area (Å²) < 4.78 is 6.94. The Morgan fingerprint density at radius 2 is 1.83 bits per heavy atom. The third-order valence-electron chi connectivity index (χ3n) is 5.53.